The highest BCUT2D eigenvalue weighted by Crippen LogP contribution is 2.30. The van der Waals surface area contributed by atoms with E-state index >= 15 is 0 Å². The molecule has 0 bridgehead atoms. The molecular weight excluding hydrogens is 255 g/mol. The second-order valence-electron chi connectivity index (χ2n) is 4.29. The van der Waals surface area contributed by atoms with Crippen LogP contribution >= 0.6 is 0 Å². The minimum absolute atomic E-state index is 0.0189. The zero-order chi connectivity index (χ0) is 14.0. The van der Waals surface area contributed by atoms with E-state index < -0.39 is 29.5 Å². The van der Waals surface area contributed by atoms with Gasteiger partial charge in [0.15, 0.2) is 17.5 Å². The Hall–Kier alpha value is -1.88. The number of hydrogen-bond donors (Lipinski definition) is 1. The summed E-state index contributed by atoms with van der Waals surface area (Å²) in [5, 5.41) is 10.1. The third-order valence-electron chi connectivity index (χ3n) is 2.98. The summed E-state index contributed by atoms with van der Waals surface area (Å²) in [6.07, 6.45) is 0.393. The van der Waals surface area contributed by atoms with Gasteiger partial charge in [0.2, 0.25) is 0 Å². The molecule has 0 saturated carbocycles. The largest absolute Gasteiger partial charge is 0.388 e. The zero-order valence-electron chi connectivity index (χ0n) is 10.1. The molecule has 0 amide bonds. The Morgan fingerprint density at radius 3 is 2.26 bits per heavy atom. The normalized spacial score (nSPS) is 14.2. The number of nitrogens with zero attached hydrogens (tertiary/aromatic N) is 1. The van der Waals surface area contributed by atoms with Gasteiger partial charge in [0.25, 0.3) is 0 Å². The number of rotatable bonds is 3. The zero-order valence-corrected chi connectivity index (χ0v) is 10.1. The van der Waals surface area contributed by atoms with Crippen LogP contribution in [0, 0.1) is 17.5 Å². The molecule has 0 fully saturated rings. The van der Waals surface area contributed by atoms with E-state index in [1.165, 1.54) is 0 Å². The van der Waals surface area contributed by atoms with Crippen molar-refractivity contribution in [2.45, 2.75) is 18.9 Å². The summed E-state index contributed by atoms with van der Waals surface area (Å²) in [6.45, 7) is 1.67. The average molecular weight is 267 g/mol. The van der Waals surface area contributed by atoms with Gasteiger partial charge in [-0.05, 0) is 29.8 Å². The first kappa shape index (κ1) is 13.5. The standard InChI is InChI=1S/C14H12F3NO/c1-8(12-4-2-3-5-18-12)14(19)9-6-10(15)13(17)11(16)7-9/h2-8,14,19H,1H3. The van der Waals surface area contributed by atoms with Gasteiger partial charge in [-0.3, -0.25) is 4.98 Å². The molecule has 19 heavy (non-hydrogen) atoms. The fourth-order valence-electron chi connectivity index (χ4n) is 1.84. The Kier molecular flexibility index (Phi) is 3.85. The van der Waals surface area contributed by atoms with Gasteiger partial charge in [-0.15, -0.1) is 0 Å². The molecule has 5 heteroatoms. The van der Waals surface area contributed by atoms with Crippen LogP contribution in [0.15, 0.2) is 36.5 Å². The summed E-state index contributed by atoms with van der Waals surface area (Å²) in [7, 11) is 0. The number of aliphatic hydroxyl groups excluding tert-OH is 1. The van der Waals surface area contributed by atoms with Crippen molar-refractivity contribution in [3.8, 4) is 0 Å². The van der Waals surface area contributed by atoms with Gasteiger partial charge in [0.05, 0.1) is 6.10 Å². The molecule has 1 N–H and O–H groups in total. The van der Waals surface area contributed by atoms with E-state index in [9.17, 15) is 18.3 Å². The third kappa shape index (κ3) is 2.76. The fourth-order valence-corrected chi connectivity index (χ4v) is 1.84. The molecule has 2 atom stereocenters. The summed E-state index contributed by atoms with van der Waals surface area (Å²) in [4.78, 5) is 4.07. The predicted octanol–water partition coefficient (Wildman–Crippen LogP) is 3.34. The van der Waals surface area contributed by atoms with E-state index in [0.717, 1.165) is 12.1 Å². The smallest absolute Gasteiger partial charge is 0.194 e. The number of benzene rings is 1. The quantitative estimate of drug-likeness (QED) is 0.865. The Bertz CT molecular complexity index is 551. The van der Waals surface area contributed by atoms with E-state index in [0.29, 0.717) is 5.69 Å². The number of hydrogen-bond acceptors (Lipinski definition) is 2. The van der Waals surface area contributed by atoms with Gasteiger partial charge in [-0.2, -0.15) is 0 Å². The monoisotopic (exact) mass is 267 g/mol. The van der Waals surface area contributed by atoms with Crippen molar-refractivity contribution in [2.75, 3.05) is 0 Å². The van der Waals surface area contributed by atoms with E-state index in [1.54, 1.807) is 31.3 Å². The van der Waals surface area contributed by atoms with Crippen molar-refractivity contribution in [1.29, 1.82) is 0 Å². The maximum atomic E-state index is 13.1. The van der Waals surface area contributed by atoms with Crippen LogP contribution in [0.25, 0.3) is 0 Å². The van der Waals surface area contributed by atoms with Crippen LogP contribution in [0.2, 0.25) is 0 Å². The molecule has 0 saturated heterocycles. The van der Waals surface area contributed by atoms with Crippen LogP contribution in [0.5, 0.6) is 0 Å². The lowest BCUT2D eigenvalue weighted by Crippen LogP contribution is -2.10. The van der Waals surface area contributed by atoms with Gasteiger partial charge >= 0.3 is 0 Å². The van der Waals surface area contributed by atoms with Crippen molar-refractivity contribution in [1.82, 2.24) is 4.98 Å². The molecule has 2 unspecified atom stereocenters. The van der Waals surface area contributed by atoms with Crippen LogP contribution in [-0.4, -0.2) is 10.1 Å². The molecule has 0 radical (unpaired) electrons. The molecule has 2 nitrogen and oxygen atoms in total. The lowest BCUT2D eigenvalue weighted by Gasteiger charge is -2.19. The minimum atomic E-state index is -1.54. The molecule has 0 aliphatic heterocycles. The Labute approximate surface area is 108 Å². The molecular formula is C14H12F3NO. The van der Waals surface area contributed by atoms with E-state index in [2.05, 4.69) is 4.98 Å². The minimum Gasteiger partial charge on any atom is -0.388 e. The van der Waals surface area contributed by atoms with Crippen LogP contribution in [0.3, 0.4) is 0 Å². The van der Waals surface area contributed by atoms with E-state index in [-0.39, 0.29) is 5.56 Å². The maximum Gasteiger partial charge on any atom is 0.194 e. The van der Waals surface area contributed by atoms with Crippen molar-refractivity contribution in [2.24, 2.45) is 0 Å². The van der Waals surface area contributed by atoms with Crippen LogP contribution < -0.4 is 0 Å². The average Bonchev–Trinajstić information content (AvgIpc) is 2.43. The molecule has 0 aliphatic rings. The first-order valence-electron chi connectivity index (χ1n) is 5.74. The highest BCUT2D eigenvalue weighted by molar-refractivity contribution is 5.25. The number of pyridine rings is 1. The summed E-state index contributed by atoms with van der Waals surface area (Å²) < 4.78 is 39.1. The molecule has 100 valence electrons. The van der Waals surface area contributed by atoms with Crippen molar-refractivity contribution in [3.05, 3.63) is 65.2 Å². The Morgan fingerprint density at radius 2 is 1.74 bits per heavy atom. The number of aliphatic hydroxyl groups is 1. The van der Waals surface area contributed by atoms with E-state index in [4.69, 9.17) is 0 Å². The van der Waals surface area contributed by atoms with Gasteiger partial charge in [0, 0.05) is 17.8 Å². The summed E-state index contributed by atoms with van der Waals surface area (Å²) in [5.74, 6) is -4.64. The molecule has 2 rings (SSSR count). The van der Waals surface area contributed by atoms with Gasteiger partial charge in [0.1, 0.15) is 0 Å². The molecule has 0 aliphatic carbocycles. The summed E-state index contributed by atoms with van der Waals surface area (Å²) in [5.41, 5.74) is 0.565. The van der Waals surface area contributed by atoms with Crippen LogP contribution in [-0.2, 0) is 0 Å². The van der Waals surface area contributed by atoms with Crippen molar-refractivity contribution >= 4 is 0 Å². The highest BCUT2D eigenvalue weighted by atomic mass is 19.2. The van der Waals surface area contributed by atoms with Crippen LogP contribution in [0.4, 0.5) is 13.2 Å². The molecule has 0 spiro atoms. The fraction of sp³-hybridized carbons (Fsp3) is 0.214. The SMILES string of the molecule is CC(c1ccccn1)C(O)c1cc(F)c(F)c(F)c1. The lowest BCUT2D eigenvalue weighted by molar-refractivity contribution is 0.149. The van der Waals surface area contributed by atoms with E-state index in [1.807, 2.05) is 0 Å². The Balaban J connectivity index is 2.32. The Morgan fingerprint density at radius 1 is 1.11 bits per heavy atom. The summed E-state index contributed by atoms with van der Waals surface area (Å²) in [6, 6.07) is 6.76. The molecule has 1 heterocycles. The van der Waals surface area contributed by atoms with Crippen LogP contribution in [0.1, 0.15) is 30.2 Å². The lowest BCUT2D eigenvalue weighted by atomic mass is 9.94. The van der Waals surface area contributed by atoms with Gasteiger partial charge in [-0.25, -0.2) is 13.2 Å². The second kappa shape index (κ2) is 5.40. The number of aromatic nitrogens is 1. The van der Waals surface area contributed by atoms with Gasteiger partial charge in [-0.1, -0.05) is 13.0 Å². The first-order valence-corrected chi connectivity index (χ1v) is 5.74. The van der Waals surface area contributed by atoms with Crippen molar-refractivity contribution in [3.63, 3.8) is 0 Å². The molecule has 1 aromatic heterocycles. The third-order valence-corrected chi connectivity index (χ3v) is 2.98. The second-order valence-corrected chi connectivity index (χ2v) is 4.29. The first-order chi connectivity index (χ1) is 9.00. The van der Waals surface area contributed by atoms with Crippen molar-refractivity contribution < 1.29 is 18.3 Å². The van der Waals surface area contributed by atoms with Gasteiger partial charge < -0.3 is 5.11 Å². The molecule has 2 aromatic rings. The highest BCUT2D eigenvalue weighted by Gasteiger charge is 2.22. The number of halogens is 3. The molecule has 1 aromatic carbocycles. The summed E-state index contributed by atoms with van der Waals surface area (Å²) >= 11 is 0. The topological polar surface area (TPSA) is 33.1 Å². The maximum absolute atomic E-state index is 13.1. The predicted molar refractivity (Wildman–Crippen MR) is 63.9 cm³/mol.